The molecule has 4 aromatic heterocycles. The van der Waals surface area contributed by atoms with Crippen LogP contribution in [0, 0.1) is 55.4 Å². The molecule has 0 bridgehead atoms. The van der Waals surface area contributed by atoms with Gasteiger partial charge in [0, 0.05) is 88.0 Å². The summed E-state index contributed by atoms with van der Waals surface area (Å²) in [6.45, 7) is 18.4. The maximum atomic E-state index is 2.60. The van der Waals surface area contributed by atoms with Crippen molar-refractivity contribution < 1.29 is 0 Å². The lowest BCUT2D eigenvalue weighted by molar-refractivity contribution is 1.05. The monoisotopic (exact) mass is 1430 g/mol. The van der Waals surface area contributed by atoms with E-state index in [9.17, 15) is 0 Å². The molecule has 112 heavy (non-hydrogen) atoms. The van der Waals surface area contributed by atoms with Crippen molar-refractivity contribution in [2.45, 2.75) is 81.1 Å². The SMILES string of the molecule is Cc1c(C)n(-c2ccc3c(ccc4ccccc43)c2)c2c1cc1ccc3c4c(ccc2c14)cc1c(C)c(C)n(-c2ccc4c(ccc5ccccc54)c2)c13.Cc1c(C)n(-c2ccc3c4c5c(ccc24)C=CCC5=CC3)c2c1cc1ccc3c4c(ccc2c14)cc1c(C)c(C)n(-c2ccc4c5c6c(ccc25)C=CCC6=CC4)c13. The first-order valence-corrected chi connectivity index (χ1v) is 40.1. The van der Waals surface area contributed by atoms with Gasteiger partial charge in [-0.15, -0.1) is 0 Å². The normalized spacial score (nSPS) is 14.0. The zero-order valence-electron chi connectivity index (χ0n) is 64.0. The van der Waals surface area contributed by atoms with Crippen molar-refractivity contribution in [2.24, 2.45) is 0 Å². The molecule has 0 spiro atoms. The molecule has 0 N–H and O–H groups in total. The van der Waals surface area contributed by atoms with Crippen LogP contribution in [0.5, 0.6) is 0 Å². The molecule has 22 aromatic rings. The summed E-state index contributed by atoms with van der Waals surface area (Å²) in [5.41, 5.74) is 32.2. The number of aryl methyl sites for hydroxylation is 4. The summed E-state index contributed by atoms with van der Waals surface area (Å²) in [5.74, 6) is 0. The lowest BCUT2D eigenvalue weighted by Crippen LogP contribution is -2.06. The highest BCUT2D eigenvalue weighted by Gasteiger charge is 2.30. The smallest absolute Gasteiger partial charge is 0.0613 e. The fraction of sp³-hybridized carbons (Fsp3) is 0.111. The molecular formula is C108H76N4. The molecule has 26 rings (SSSR count). The van der Waals surface area contributed by atoms with Gasteiger partial charge in [-0.2, -0.15) is 0 Å². The Hall–Kier alpha value is -13.3. The van der Waals surface area contributed by atoms with Crippen LogP contribution in [0.15, 0.2) is 255 Å². The van der Waals surface area contributed by atoms with Crippen molar-refractivity contribution in [1.29, 1.82) is 0 Å². The van der Waals surface area contributed by atoms with Crippen LogP contribution in [0.4, 0.5) is 0 Å². The molecule has 0 fully saturated rings. The number of rotatable bonds is 4. The number of hydrogen-bond acceptors (Lipinski definition) is 0. The summed E-state index contributed by atoms with van der Waals surface area (Å²) in [6, 6.07) is 88.5. The van der Waals surface area contributed by atoms with E-state index in [0.29, 0.717) is 0 Å². The van der Waals surface area contributed by atoms with E-state index >= 15 is 0 Å². The van der Waals surface area contributed by atoms with Gasteiger partial charge in [0.2, 0.25) is 0 Å². The number of allylic oxidation sites excluding steroid dienone is 6. The zero-order chi connectivity index (χ0) is 74.3. The number of nitrogens with zero attached hydrogens (tertiary/aromatic N) is 4. The summed E-state index contributed by atoms with van der Waals surface area (Å²) >= 11 is 0. The van der Waals surface area contributed by atoms with E-state index in [2.05, 4.69) is 341 Å². The van der Waals surface area contributed by atoms with E-state index in [1.165, 1.54) is 285 Å². The Morgan fingerprint density at radius 1 is 0.232 bits per heavy atom. The third kappa shape index (κ3) is 8.10. The highest BCUT2D eigenvalue weighted by Crippen LogP contribution is 2.52. The second-order valence-electron chi connectivity index (χ2n) is 33.0. The minimum absolute atomic E-state index is 1.00. The van der Waals surface area contributed by atoms with Gasteiger partial charge >= 0.3 is 0 Å². The number of aromatic nitrogens is 4. The molecule has 0 unspecified atom stereocenters. The maximum absolute atomic E-state index is 2.60. The van der Waals surface area contributed by atoms with E-state index in [0.717, 1.165) is 25.7 Å². The number of fused-ring (bicyclic) bond motifs is 14. The molecule has 4 aliphatic rings. The van der Waals surface area contributed by atoms with Crippen LogP contribution >= 0.6 is 0 Å². The molecule has 4 heteroatoms. The summed E-state index contributed by atoms with van der Waals surface area (Å²) in [4.78, 5) is 0. The first-order chi connectivity index (χ1) is 54.9. The Kier molecular flexibility index (Phi) is 12.4. The second-order valence-corrected chi connectivity index (χ2v) is 33.0. The predicted molar refractivity (Wildman–Crippen MR) is 481 cm³/mol. The van der Waals surface area contributed by atoms with Crippen LogP contribution in [0.2, 0.25) is 0 Å². The minimum atomic E-state index is 1.00. The molecule has 0 amide bonds. The van der Waals surface area contributed by atoms with E-state index in [1.54, 1.807) is 0 Å². The van der Waals surface area contributed by atoms with Gasteiger partial charge in [-0.25, -0.2) is 0 Å². The van der Waals surface area contributed by atoms with Crippen molar-refractivity contribution in [2.75, 3.05) is 0 Å². The topological polar surface area (TPSA) is 19.7 Å². The maximum Gasteiger partial charge on any atom is 0.0613 e. The Labute approximate surface area is 647 Å². The lowest BCUT2D eigenvalue weighted by Gasteiger charge is -2.25. The number of hydrogen-bond donors (Lipinski definition) is 0. The van der Waals surface area contributed by atoms with Crippen LogP contribution in [0.25, 0.3) is 219 Å². The molecule has 0 atom stereocenters. The van der Waals surface area contributed by atoms with Gasteiger partial charge in [0.05, 0.1) is 33.4 Å². The van der Waals surface area contributed by atoms with Gasteiger partial charge in [-0.05, 0) is 305 Å². The summed E-state index contributed by atoms with van der Waals surface area (Å²) < 4.78 is 10.2. The Balaban J connectivity index is 0.000000127. The van der Waals surface area contributed by atoms with Gasteiger partial charge in [0.1, 0.15) is 0 Å². The zero-order valence-corrected chi connectivity index (χ0v) is 64.0. The molecule has 0 aliphatic heterocycles. The molecule has 0 saturated heterocycles. The van der Waals surface area contributed by atoms with Crippen molar-refractivity contribution in [3.05, 3.63) is 333 Å². The van der Waals surface area contributed by atoms with Gasteiger partial charge < -0.3 is 18.3 Å². The minimum Gasteiger partial charge on any atom is -0.313 e. The summed E-state index contributed by atoms with van der Waals surface area (Å²) in [7, 11) is 0. The first-order valence-electron chi connectivity index (χ1n) is 40.1. The van der Waals surface area contributed by atoms with Crippen LogP contribution in [0.1, 0.15) is 91.3 Å². The van der Waals surface area contributed by atoms with E-state index in [4.69, 9.17) is 0 Å². The summed E-state index contributed by atoms with van der Waals surface area (Å²) in [5, 5.41) is 37.1. The van der Waals surface area contributed by atoms with E-state index in [-0.39, 0.29) is 0 Å². The third-order valence-electron chi connectivity index (χ3n) is 27.8. The Morgan fingerprint density at radius 3 is 0.946 bits per heavy atom. The van der Waals surface area contributed by atoms with Gasteiger partial charge in [-0.1, -0.05) is 206 Å². The van der Waals surface area contributed by atoms with Crippen molar-refractivity contribution >= 4 is 196 Å². The molecule has 4 heterocycles. The summed E-state index contributed by atoms with van der Waals surface area (Å²) in [6.07, 6.45) is 18.2. The molecule has 18 aromatic carbocycles. The van der Waals surface area contributed by atoms with Gasteiger partial charge in [-0.3, -0.25) is 0 Å². The van der Waals surface area contributed by atoms with E-state index in [1.807, 2.05) is 0 Å². The van der Waals surface area contributed by atoms with Crippen molar-refractivity contribution in [3.63, 3.8) is 0 Å². The predicted octanol–water partition coefficient (Wildman–Crippen LogP) is 29.0. The fourth-order valence-electron chi connectivity index (χ4n) is 22.0. The molecular weight excluding hydrogens is 1350 g/mol. The van der Waals surface area contributed by atoms with Crippen LogP contribution in [-0.2, 0) is 12.8 Å². The van der Waals surface area contributed by atoms with Gasteiger partial charge in [0.25, 0.3) is 0 Å². The molecule has 0 saturated carbocycles. The number of benzene rings is 18. The highest BCUT2D eigenvalue weighted by atomic mass is 15.0. The first kappa shape index (κ1) is 62.6. The quantitative estimate of drug-likeness (QED) is 0.157. The van der Waals surface area contributed by atoms with Crippen LogP contribution in [-0.4, -0.2) is 18.3 Å². The van der Waals surface area contributed by atoms with Crippen molar-refractivity contribution in [1.82, 2.24) is 18.3 Å². The highest BCUT2D eigenvalue weighted by molar-refractivity contribution is 6.35. The van der Waals surface area contributed by atoms with E-state index < -0.39 is 0 Å². The average Bonchev–Trinajstić information content (AvgIpc) is 1.49. The molecule has 528 valence electrons. The fourth-order valence-corrected chi connectivity index (χ4v) is 22.0. The van der Waals surface area contributed by atoms with Crippen LogP contribution < -0.4 is 0 Å². The second kappa shape index (κ2) is 22.2. The molecule has 0 radical (unpaired) electrons. The van der Waals surface area contributed by atoms with Crippen molar-refractivity contribution in [3.8, 4) is 22.7 Å². The Morgan fingerprint density at radius 2 is 0.554 bits per heavy atom. The molecule has 4 aliphatic carbocycles. The Bertz CT molecular complexity index is 7830. The lowest BCUT2D eigenvalue weighted by atomic mass is 9.81. The largest absolute Gasteiger partial charge is 0.313 e. The average molecular weight is 1430 g/mol. The molecule has 4 nitrogen and oxygen atoms in total. The third-order valence-corrected chi connectivity index (χ3v) is 27.8. The standard InChI is InChI=1S/C56H40N2.C52H36N2/c1-29-31(3)57(47-25-19-37-13-11-33-7-5-9-35-15-21-41(47)51(37)49(33)35)55-43-23-18-40-28-46-30(2)32(4)58(56(46)44-24-17-39(27-45(29)55)53(43)54(40)44)48-26-20-38-14-12-34-8-6-10-36-16-22-42(48)52(38)50(34)36;1-29-31(3)53(39-19-23-43-35(25-39)15-13-33-9-5-7-11-41(33)43)51-45-21-18-38-28-48-30(2)32(4)54(52(48)46-22-17-37(27-47(29)51)49(45)50(38)46)40-20-24-44-36(26-40)16-14-34-10-6-8-12-42(34)44/h5-6,9-12,15-28H,7-8,13-14H2,1-4H3;5-28H,1-4H3. The van der Waals surface area contributed by atoms with Gasteiger partial charge in [0.15, 0.2) is 0 Å². The van der Waals surface area contributed by atoms with Crippen LogP contribution in [0.3, 0.4) is 0 Å².